The fourth-order valence-corrected chi connectivity index (χ4v) is 5.07. The quantitative estimate of drug-likeness (QED) is 0.621. The Morgan fingerprint density at radius 2 is 1.94 bits per heavy atom. The number of likely N-dealkylation sites (tertiary alicyclic amines) is 1. The topological polar surface area (TPSA) is 59.7 Å². The van der Waals surface area contributed by atoms with E-state index >= 15 is 0 Å². The van der Waals surface area contributed by atoms with Crippen LogP contribution in [0.15, 0.2) is 48.7 Å². The number of H-pyrrole nitrogens is 1. The lowest BCUT2D eigenvalue weighted by Gasteiger charge is -2.37. The van der Waals surface area contributed by atoms with Gasteiger partial charge in [0.1, 0.15) is 5.82 Å². The van der Waals surface area contributed by atoms with Gasteiger partial charge in [0, 0.05) is 73.5 Å². The van der Waals surface area contributed by atoms with Crippen LogP contribution < -0.4 is 4.90 Å². The van der Waals surface area contributed by atoms with Crippen molar-refractivity contribution in [3.63, 3.8) is 0 Å². The lowest BCUT2D eigenvalue weighted by molar-refractivity contribution is -0.136. The average molecular weight is 469 g/mol. The summed E-state index contributed by atoms with van der Waals surface area (Å²) in [5.41, 5.74) is 2.92. The van der Waals surface area contributed by atoms with Crippen molar-refractivity contribution >= 4 is 40.0 Å². The van der Waals surface area contributed by atoms with E-state index in [1.165, 1.54) is 12.1 Å². The van der Waals surface area contributed by atoms with E-state index in [9.17, 15) is 14.0 Å². The van der Waals surface area contributed by atoms with Gasteiger partial charge >= 0.3 is 0 Å². The van der Waals surface area contributed by atoms with Crippen molar-refractivity contribution in [2.75, 3.05) is 44.2 Å². The number of carbonyl (C=O) groups excluding carboxylic acids is 2. The summed E-state index contributed by atoms with van der Waals surface area (Å²) in [6.45, 7) is 3.73. The zero-order valence-corrected chi connectivity index (χ0v) is 19.0. The SMILES string of the molecule is O=C1CC(C(=O)N2CCN(c3cccc(Cl)c3)CC2)CN1CCc1c[nH]c2ccc(F)cc12. The summed E-state index contributed by atoms with van der Waals surface area (Å²) < 4.78 is 13.6. The van der Waals surface area contributed by atoms with Crippen LogP contribution in [-0.4, -0.2) is 65.9 Å². The number of amides is 2. The molecule has 1 N–H and O–H groups in total. The number of carbonyl (C=O) groups is 2. The highest BCUT2D eigenvalue weighted by atomic mass is 35.5. The van der Waals surface area contributed by atoms with Crippen LogP contribution in [0.4, 0.5) is 10.1 Å². The molecule has 5 rings (SSSR count). The standard InChI is InChI=1S/C25H26ClFN4O2/c26-19-2-1-3-21(13-19)29-8-10-30(11-9-29)25(33)18-12-24(32)31(16-18)7-6-17-15-28-23-5-4-20(27)14-22(17)23/h1-5,13-15,18,28H,6-12,16H2. The molecule has 0 aliphatic carbocycles. The molecule has 1 atom stereocenters. The number of aromatic nitrogens is 1. The number of hydrogen-bond donors (Lipinski definition) is 1. The zero-order valence-electron chi connectivity index (χ0n) is 18.3. The highest BCUT2D eigenvalue weighted by Gasteiger charge is 2.37. The number of nitrogens with one attached hydrogen (secondary N) is 1. The number of anilines is 1. The van der Waals surface area contributed by atoms with Gasteiger partial charge in [-0.1, -0.05) is 17.7 Å². The molecule has 1 unspecified atom stereocenters. The van der Waals surface area contributed by atoms with E-state index in [0.29, 0.717) is 37.6 Å². The van der Waals surface area contributed by atoms with Gasteiger partial charge in [-0.25, -0.2) is 4.39 Å². The average Bonchev–Trinajstić information content (AvgIpc) is 3.40. The van der Waals surface area contributed by atoms with Crippen LogP contribution in [-0.2, 0) is 16.0 Å². The monoisotopic (exact) mass is 468 g/mol. The second-order valence-corrected chi connectivity index (χ2v) is 9.22. The second-order valence-electron chi connectivity index (χ2n) is 8.79. The molecule has 2 fully saturated rings. The number of aromatic amines is 1. The van der Waals surface area contributed by atoms with E-state index in [0.717, 1.165) is 35.2 Å². The van der Waals surface area contributed by atoms with Gasteiger partial charge in [0.25, 0.3) is 0 Å². The summed E-state index contributed by atoms with van der Waals surface area (Å²) in [6.07, 6.45) is 2.75. The summed E-state index contributed by atoms with van der Waals surface area (Å²) in [4.78, 5) is 34.7. The van der Waals surface area contributed by atoms with Crippen molar-refractivity contribution in [3.8, 4) is 0 Å². The Hall–Kier alpha value is -3.06. The van der Waals surface area contributed by atoms with E-state index < -0.39 is 0 Å². The summed E-state index contributed by atoms with van der Waals surface area (Å²) in [7, 11) is 0. The first kappa shape index (κ1) is 21.8. The number of halogens is 2. The number of piperazine rings is 1. The van der Waals surface area contributed by atoms with Crippen molar-refractivity contribution in [3.05, 3.63) is 65.1 Å². The maximum atomic E-state index is 13.6. The first-order chi connectivity index (χ1) is 16.0. The first-order valence-corrected chi connectivity index (χ1v) is 11.7. The van der Waals surface area contributed by atoms with E-state index in [1.807, 2.05) is 35.4 Å². The van der Waals surface area contributed by atoms with Gasteiger partial charge in [0.15, 0.2) is 0 Å². The maximum Gasteiger partial charge on any atom is 0.228 e. The molecule has 1 aromatic heterocycles. The fraction of sp³-hybridized carbons (Fsp3) is 0.360. The summed E-state index contributed by atoms with van der Waals surface area (Å²) >= 11 is 6.10. The molecule has 3 aromatic rings. The zero-order chi connectivity index (χ0) is 22.9. The molecule has 3 heterocycles. The second kappa shape index (κ2) is 9.06. The van der Waals surface area contributed by atoms with E-state index in [1.54, 1.807) is 11.0 Å². The van der Waals surface area contributed by atoms with Gasteiger partial charge in [-0.3, -0.25) is 9.59 Å². The van der Waals surface area contributed by atoms with Crippen LogP contribution in [0.25, 0.3) is 10.9 Å². The Morgan fingerprint density at radius 3 is 2.73 bits per heavy atom. The number of benzene rings is 2. The van der Waals surface area contributed by atoms with E-state index in [4.69, 9.17) is 11.6 Å². The van der Waals surface area contributed by atoms with Crippen LogP contribution in [0.3, 0.4) is 0 Å². The highest BCUT2D eigenvalue weighted by molar-refractivity contribution is 6.30. The molecule has 2 amide bonds. The molecule has 0 bridgehead atoms. The highest BCUT2D eigenvalue weighted by Crippen LogP contribution is 2.25. The van der Waals surface area contributed by atoms with Gasteiger partial charge in [-0.2, -0.15) is 0 Å². The first-order valence-electron chi connectivity index (χ1n) is 11.3. The number of rotatable bonds is 5. The molecule has 2 aromatic carbocycles. The fourth-order valence-electron chi connectivity index (χ4n) is 4.88. The minimum Gasteiger partial charge on any atom is -0.368 e. The van der Waals surface area contributed by atoms with E-state index in [2.05, 4.69) is 9.88 Å². The van der Waals surface area contributed by atoms with Crippen molar-refractivity contribution in [2.24, 2.45) is 5.92 Å². The van der Waals surface area contributed by atoms with Gasteiger partial charge in [-0.15, -0.1) is 0 Å². The third kappa shape index (κ3) is 4.55. The Morgan fingerprint density at radius 1 is 1.12 bits per heavy atom. The summed E-state index contributed by atoms with van der Waals surface area (Å²) in [5, 5.41) is 1.54. The molecule has 8 heteroatoms. The maximum absolute atomic E-state index is 13.6. The number of fused-ring (bicyclic) bond motifs is 1. The number of hydrogen-bond acceptors (Lipinski definition) is 3. The molecule has 0 saturated carbocycles. The smallest absolute Gasteiger partial charge is 0.228 e. The molecular formula is C25H26ClFN4O2. The van der Waals surface area contributed by atoms with Crippen molar-refractivity contribution in [1.29, 1.82) is 0 Å². The van der Waals surface area contributed by atoms with Crippen LogP contribution in [0.1, 0.15) is 12.0 Å². The Bertz CT molecular complexity index is 1190. The Kier molecular flexibility index (Phi) is 5.98. The van der Waals surface area contributed by atoms with Crippen molar-refractivity contribution < 1.29 is 14.0 Å². The van der Waals surface area contributed by atoms with Gasteiger partial charge in [0.05, 0.1) is 5.92 Å². The van der Waals surface area contributed by atoms with E-state index in [-0.39, 0.29) is 30.0 Å². The van der Waals surface area contributed by atoms with Gasteiger partial charge in [0.2, 0.25) is 11.8 Å². The minimum absolute atomic E-state index is 0.0111. The predicted octanol–water partition coefficient (Wildman–Crippen LogP) is 3.70. The molecule has 33 heavy (non-hydrogen) atoms. The third-order valence-electron chi connectivity index (χ3n) is 6.71. The lowest BCUT2D eigenvalue weighted by atomic mass is 10.1. The normalized spacial score (nSPS) is 19.0. The van der Waals surface area contributed by atoms with Gasteiger partial charge in [-0.05, 0) is 48.4 Å². The summed E-state index contributed by atoms with van der Waals surface area (Å²) in [5.74, 6) is -0.500. The molecule has 2 aliphatic heterocycles. The van der Waals surface area contributed by atoms with Crippen LogP contribution in [0.2, 0.25) is 5.02 Å². The predicted molar refractivity (Wildman–Crippen MR) is 127 cm³/mol. The summed E-state index contributed by atoms with van der Waals surface area (Å²) in [6, 6.07) is 12.4. The number of nitrogens with zero attached hydrogens (tertiary/aromatic N) is 3. The molecular weight excluding hydrogens is 443 g/mol. The molecule has 0 spiro atoms. The molecule has 172 valence electrons. The third-order valence-corrected chi connectivity index (χ3v) is 6.94. The molecule has 2 aliphatic rings. The largest absolute Gasteiger partial charge is 0.368 e. The molecule has 6 nitrogen and oxygen atoms in total. The van der Waals surface area contributed by atoms with Crippen LogP contribution >= 0.6 is 11.6 Å². The Balaban J connectivity index is 1.16. The molecule has 2 saturated heterocycles. The van der Waals surface area contributed by atoms with Crippen LogP contribution in [0, 0.1) is 11.7 Å². The van der Waals surface area contributed by atoms with Crippen molar-refractivity contribution in [2.45, 2.75) is 12.8 Å². The van der Waals surface area contributed by atoms with Gasteiger partial charge < -0.3 is 19.7 Å². The van der Waals surface area contributed by atoms with Crippen LogP contribution in [0.5, 0.6) is 0 Å². The molecule has 0 radical (unpaired) electrons. The van der Waals surface area contributed by atoms with Crippen molar-refractivity contribution in [1.82, 2.24) is 14.8 Å². The Labute approximate surface area is 196 Å². The lowest BCUT2D eigenvalue weighted by Crippen LogP contribution is -2.50. The minimum atomic E-state index is -0.296.